The lowest BCUT2D eigenvalue weighted by atomic mass is 9.95. The highest BCUT2D eigenvalue weighted by Crippen LogP contribution is 2.39. The topological polar surface area (TPSA) is 84.2 Å². The number of rotatable bonds is 3. The average Bonchev–Trinajstić information content (AvgIpc) is 3.32. The molecule has 0 fully saturated rings. The molecule has 30 heavy (non-hydrogen) atoms. The number of fused-ring (bicyclic) bond motifs is 2. The summed E-state index contributed by atoms with van der Waals surface area (Å²) in [5.41, 5.74) is 2.91. The van der Waals surface area contributed by atoms with Crippen molar-refractivity contribution in [2.75, 3.05) is 5.32 Å². The van der Waals surface area contributed by atoms with Crippen molar-refractivity contribution in [1.82, 2.24) is 10.5 Å². The van der Waals surface area contributed by atoms with E-state index < -0.39 is 17.8 Å². The second-order valence-corrected chi connectivity index (χ2v) is 7.84. The normalized spacial score (nSPS) is 17.3. The number of benzene rings is 2. The molecule has 8 heteroatoms. The molecular formula is C22H17ClFN3O3. The van der Waals surface area contributed by atoms with Crippen molar-refractivity contribution in [3.63, 3.8) is 0 Å². The van der Waals surface area contributed by atoms with Crippen LogP contribution < -0.4 is 10.6 Å². The lowest BCUT2D eigenvalue weighted by Gasteiger charge is -2.18. The van der Waals surface area contributed by atoms with E-state index >= 15 is 0 Å². The summed E-state index contributed by atoms with van der Waals surface area (Å²) in [7, 11) is 0. The first kappa shape index (κ1) is 18.8. The van der Waals surface area contributed by atoms with E-state index in [1.54, 1.807) is 18.2 Å². The molecule has 0 saturated carbocycles. The van der Waals surface area contributed by atoms with E-state index in [1.807, 2.05) is 0 Å². The molecule has 5 rings (SSSR count). The molecule has 1 unspecified atom stereocenters. The number of anilines is 1. The molecule has 3 aromatic rings. The second kappa shape index (κ2) is 7.25. The van der Waals surface area contributed by atoms with Gasteiger partial charge in [0.15, 0.2) is 5.69 Å². The summed E-state index contributed by atoms with van der Waals surface area (Å²) in [6.45, 7) is 0. The summed E-state index contributed by atoms with van der Waals surface area (Å²) in [4.78, 5) is 25.5. The van der Waals surface area contributed by atoms with E-state index in [0.29, 0.717) is 27.4 Å². The zero-order valence-corrected chi connectivity index (χ0v) is 16.6. The maximum atomic E-state index is 13.9. The molecule has 1 aromatic heterocycles. The largest absolute Gasteiger partial charge is 0.360 e. The molecular weight excluding hydrogens is 409 g/mol. The number of hydrogen-bond donors (Lipinski definition) is 2. The molecule has 1 atom stereocenters. The Balaban J connectivity index is 1.54. The predicted octanol–water partition coefficient (Wildman–Crippen LogP) is 4.43. The van der Waals surface area contributed by atoms with Crippen LogP contribution in [0.15, 0.2) is 40.9 Å². The molecule has 2 heterocycles. The zero-order valence-electron chi connectivity index (χ0n) is 15.8. The summed E-state index contributed by atoms with van der Waals surface area (Å²) < 4.78 is 19.2. The summed E-state index contributed by atoms with van der Waals surface area (Å²) in [5, 5.41) is 9.97. The molecule has 1 aliphatic heterocycles. The minimum Gasteiger partial charge on any atom is -0.360 e. The Morgan fingerprint density at radius 2 is 2.07 bits per heavy atom. The number of aryl methyl sites for hydroxylation is 1. The van der Waals surface area contributed by atoms with Gasteiger partial charge in [0, 0.05) is 39.4 Å². The van der Waals surface area contributed by atoms with E-state index in [-0.39, 0.29) is 11.6 Å². The molecule has 6 nitrogen and oxygen atoms in total. The standard InChI is InChI=1S/C22H17ClFN3O3/c23-15-9-8-11(24)10-14(15)19-18-13(21(28)26-19)5-3-6-16(18)25-22(29)20-12-4-1-2-7-17(12)30-27-20/h3,5-6,8-10,19H,1-2,4,7H2,(H,25,29)(H,26,28). The van der Waals surface area contributed by atoms with Crippen LogP contribution in [0.2, 0.25) is 5.02 Å². The van der Waals surface area contributed by atoms with E-state index in [2.05, 4.69) is 15.8 Å². The summed E-state index contributed by atoms with van der Waals surface area (Å²) in [5.74, 6) is -0.428. The first-order valence-corrected chi connectivity index (χ1v) is 10.1. The van der Waals surface area contributed by atoms with Gasteiger partial charge in [-0.25, -0.2) is 4.39 Å². The Morgan fingerprint density at radius 3 is 2.93 bits per heavy atom. The fraction of sp³-hybridized carbons (Fsp3) is 0.227. The minimum absolute atomic E-state index is 0.264. The fourth-order valence-electron chi connectivity index (χ4n) is 4.18. The third-order valence-corrected chi connectivity index (χ3v) is 5.94. The minimum atomic E-state index is -0.682. The van der Waals surface area contributed by atoms with Crippen molar-refractivity contribution in [2.45, 2.75) is 31.7 Å². The van der Waals surface area contributed by atoms with Crippen molar-refractivity contribution in [3.05, 3.63) is 80.9 Å². The maximum absolute atomic E-state index is 13.9. The van der Waals surface area contributed by atoms with Crippen molar-refractivity contribution >= 4 is 29.1 Å². The average molecular weight is 426 g/mol. The van der Waals surface area contributed by atoms with Gasteiger partial charge in [0.05, 0.1) is 6.04 Å². The summed E-state index contributed by atoms with van der Waals surface area (Å²) in [6.07, 6.45) is 3.51. The molecule has 152 valence electrons. The number of carbonyl (C=O) groups excluding carboxylic acids is 2. The van der Waals surface area contributed by atoms with Crippen molar-refractivity contribution in [3.8, 4) is 0 Å². The summed E-state index contributed by atoms with van der Waals surface area (Å²) in [6, 6.07) is 8.34. The van der Waals surface area contributed by atoms with Crippen LogP contribution in [-0.4, -0.2) is 17.0 Å². The summed E-state index contributed by atoms with van der Waals surface area (Å²) >= 11 is 6.28. The Hall–Kier alpha value is -3.19. The number of amides is 2. The van der Waals surface area contributed by atoms with Crippen LogP contribution in [0.1, 0.15) is 62.2 Å². The van der Waals surface area contributed by atoms with Gasteiger partial charge in [0.25, 0.3) is 11.8 Å². The molecule has 2 N–H and O–H groups in total. The number of carbonyl (C=O) groups is 2. The van der Waals surface area contributed by atoms with Crippen LogP contribution in [0.3, 0.4) is 0 Å². The molecule has 0 bridgehead atoms. The number of nitrogens with one attached hydrogen (secondary N) is 2. The van der Waals surface area contributed by atoms with Gasteiger partial charge in [-0.1, -0.05) is 22.8 Å². The van der Waals surface area contributed by atoms with E-state index in [1.165, 1.54) is 18.2 Å². The third-order valence-electron chi connectivity index (χ3n) is 5.60. The molecule has 2 aliphatic rings. The molecule has 2 aromatic carbocycles. The molecule has 1 aliphatic carbocycles. The van der Waals surface area contributed by atoms with Crippen LogP contribution in [-0.2, 0) is 12.8 Å². The first-order valence-electron chi connectivity index (χ1n) is 9.70. The van der Waals surface area contributed by atoms with Crippen LogP contribution >= 0.6 is 11.6 Å². The maximum Gasteiger partial charge on any atom is 0.278 e. The molecule has 0 radical (unpaired) electrons. The van der Waals surface area contributed by atoms with Crippen LogP contribution in [0.25, 0.3) is 0 Å². The van der Waals surface area contributed by atoms with Crippen molar-refractivity contribution in [2.24, 2.45) is 0 Å². The fourth-order valence-corrected chi connectivity index (χ4v) is 4.40. The molecule has 0 spiro atoms. The van der Waals surface area contributed by atoms with Crippen molar-refractivity contribution in [1.29, 1.82) is 0 Å². The van der Waals surface area contributed by atoms with Crippen LogP contribution in [0.4, 0.5) is 10.1 Å². The lowest BCUT2D eigenvalue weighted by Crippen LogP contribution is -2.21. The quantitative estimate of drug-likeness (QED) is 0.650. The first-order chi connectivity index (χ1) is 14.5. The predicted molar refractivity (Wildman–Crippen MR) is 108 cm³/mol. The smallest absolute Gasteiger partial charge is 0.278 e. The number of hydrogen-bond acceptors (Lipinski definition) is 4. The Morgan fingerprint density at radius 1 is 1.23 bits per heavy atom. The van der Waals surface area contributed by atoms with E-state index in [0.717, 1.165) is 37.0 Å². The Bertz CT molecular complexity index is 1190. The van der Waals surface area contributed by atoms with E-state index in [4.69, 9.17) is 16.1 Å². The SMILES string of the molecule is O=C1NC(c2cc(F)ccc2Cl)c2c(NC(=O)c3noc4c3CCCC4)cccc21. The van der Waals surface area contributed by atoms with Gasteiger partial charge >= 0.3 is 0 Å². The van der Waals surface area contributed by atoms with Gasteiger partial charge < -0.3 is 15.2 Å². The van der Waals surface area contributed by atoms with Gasteiger partial charge in [0.2, 0.25) is 0 Å². The highest BCUT2D eigenvalue weighted by molar-refractivity contribution is 6.31. The number of aromatic nitrogens is 1. The second-order valence-electron chi connectivity index (χ2n) is 7.43. The van der Waals surface area contributed by atoms with Gasteiger partial charge in [-0.05, 0) is 49.6 Å². The number of nitrogens with zero attached hydrogens (tertiary/aromatic N) is 1. The van der Waals surface area contributed by atoms with Gasteiger partial charge in [-0.3, -0.25) is 9.59 Å². The molecule has 0 saturated heterocycles. The Kier molecular flexibility index (Phi) is 4.55. The Labute approximate surface area is 176 Å². The third kappa shape index (κ3) is 3.06. The zero-order chi connectivity index (χ0) is 20.8. The van der Waals surface area contributed by atoms with Crippen LogP contribution in [0.5, 0.6) is 0 Å². The van der Waals surface area contributed by atoms with Crippen molar-refractivity contribution < 1.29 is 18.5 Å². The molecule has 2 amide bonds. The lowest BCUT2D eigenvalue weighted by molar-refractivity contribution is 0.0959. The van der Waals surface area contributed by atoms with Crippen LogP contribution in [0, 0.1) is 5.82 Å². The highest BCUT2D eigenvalue weighted by Gasteiger charge is 2.34. The number of halogens is 2. The van der Waals surface area contributed by atoms with Gasteiger partial charge in [-0.2, -0.15) is 0 Å². The monoisotopic (exact) mass is 425 g/mol. The van der Waals surface area contributed by atoms with E-state index in [9.17, 15) is 14.0 Å². The highest BCUT2D eigenvalue weighted by atomic mass is 35.5. The van der Waals surface area contributed by atoms with Gasteiger partial charge in [-0.15, -0.1) is 0 Å². The van der Waals surface area contributed by atoms with Gasteiger partial charge in [0.1, 0.15) is 11.6 Å².